The molecule has 0 aromatic carbocycles. The first-order chi connectivity index (χ1) is 29.5. The van der Waals surface area contributed by atoms with Crippen molar-refractivity contribution in [2.75, 3.05) is 13.2 Å². The molecule has 0 rings (SSSR count). The van der Waals surface area contributed by atoms with E-state index in [9.17, 15) is 14.4 Å². The second-order valence-electron chi connectivity index (χ2n) is 16.5. The van der Waals surface area contributed by atoms with Crippen LogP contribution in [0.25, 0.3) is 0 Å². The summed E-state index contributed by atoms with van der Waals surface area (Å²) in [6, 6.07) is 0. The van der Waals surface area contributed by atoms with E-state index in [1.54, 1.807) is 0 Å². The minimum atomic E-state index is -0.791. The highest BCUT2D eigenvalue weighted by molar-refractivity contribution is 5.71. The number of unbranched alkanes of at least 4 members (excludes halogenated alkanes) is 25. The van der Waals surface area contributed by atoms with Gasteiger partial charge in [0.1, 0.15) is 13.2 Å². The molecule has 0 aliphatic heterocycles. The van der Waals surface area contributed by atoms with E-state index in [0.29, 0.717) is 19.3 Å². The number of carbonyl (C=O) groups is 3. The van der Waals surface area contributed by atoms with Gasteiger partial charge in [-0.3, -0.25) is 14.4 Å². The Labute approximate surface area is 370 Å². The van der Waals surface area contributed by atoms with Gasteiger partial charge in [-0.25, -0.2) is 0 Å². The molecular formula is C54H92O6. The van der Waals surface area contributed by atoms with Gasteiger partial charge in [0.2, 0.25) is 0 Å². The Hall–Kier alpha value is -3.15. The third-order valence-corrected chi connectivity index (χ3v) is 10.6. The van der Waals surface area contributed by atoms with Gasteiger partial charge < -0.3 is 14.2 Å². The van der Waals surface area contributed by atoms with Crippen molar-refractivity contribution < 1.29 is 28.6 Å². The zero-order chi connectivity index (χ0) is 43.7. The van der Waals surface area contributed by atoms with Crippen LogP contribution in [-0.4, -0.2) is 37.2 Å². The first kappa shape index (κ1) is 56.9. The third-order valence-electron chi connectivity index (χ3n) is 10.6. The number of hydrogen-bond donors (Lipinski definition) is 0. The van der Waals surface area contributed by atoms with Crippen LogP contribution in [0, 0.1) is 0 Å². The molecule has 6 heteroatoms. The van der Waals surface area contributed by atoms with E-state index in [2.05, 4.69) is 75.5 Å². The van der Waals surface area contributed by atoms with Crippen molar-refractivity contribution in [1.29, 1.82) is 0 Å². The Balaban J connectivity index is 4.40. The highest BCUT2D eigenvalue weighted by atomic mass is 16.6. The molecule has 0 aromatic rings. The highest BCUT2D eigenvalue weighted by Gasteiger charge is 2.19. The van der Waals surface area contributed by atoms with Crippen LogP contribution in [0.4, 0.5) is 0 Å². The van der Waals surface area contributed by atoms with Crippen molar-refractivity contribution in [3.8, 4) is 0 Å². The minimum Gasteiger partial charge on any atom is -0.462 e. The number of rotatable bonds is 44. The second kappa shape index (κ2) is 48.5. The molecule has 6 nitrogen and oxygen atoms in total. The SMILES string of the molecule is CC\C=C/C=C\C=C/C=C\CCCCCCCC(=O)OC(COC(=O)CCCCCCC/C=C\C=C/CCCCCCCCC)COC(=O)CCCCCCCCCCC. The maximum absolute atomic E-state index is 12.8. The third kappa shape index (κ3) is 45.9. The van der Waals surface area contributed by atoms with Gasteiger partial charge in [0.15, 0.2) is 6.10 Å². The smallest absolute Gasteiger partial charge is 0.306 e. The Morgan fingerprint density at radius 2 is 0.650 bits per heavy atom. The summed E-state index contributed by atoms with van der Waals surface area (Å²) in [7, 11) is 0. The molecule has 0 fully saturated rings. The van der Waals surface area contributed by atoms with E-state index < -0.39 is 6.10 Å². The monoisotopic (exact) mass is 837 g/mol. The molecule has 1 unspecified atom stereocenters. The molecular weight excluding hydrogens is 745 g/mol. The summed E-state index contributed by atoms with van der Waals surface area (Å²) in [5, 5.41) is 0. The van der Waals surface area contributed by atoms with Crippen LogP contribution in [0.3, 0.4) is 0 Å². The van der Waals surface area contributed by atoms with Crippen molar-refractivity contribution in [3.05, 3.63) is 72.9 Å². The van der Waals surface area contributed by atoms with E-state index in [0.717, 1.165) is 103 Å². The van der Waals surface area contributed by atoms with Crippen LogP contribution in [0.2, 0.25) is 0 Å². The number of carbonyl (C=O) groups excluding carboxylic acids is 3. The predicted molar refractivity (Wildman–Crippen MR) is 256 cm³/mol. The second-order valence-corrected chi connectivity index (χ2v) is 16.5. The molecule has 0 heterocycles. The van der Waals surface area contributed by atoms with Crippen molar-refractivity contribution in [2.45, 2.75) is 239 Å². The standard InChI is InChI=1S/C54H92O6/c1-4-7-10-13-16-19-21-23-25-26-27-29-30-32-35-38-41-44-47-53(56)59-50-51(49-58-52(55)46-43-40-37-34-18-15-12-9-6-3)60-54(57)48-45-42-39-36-33-31-28-24-22-20-17-14-11-8-5-2/h8,11,14,17,20,22,24-29,51H,4-7,9-10,12-13,15-16,18-19,21,23,30-50H2,1-3H3/b11-8-,17-14-,22-20-,26-25-,28-24-,29-27-. The quantitative estimate of drug-likeness (QED) is 0.0263. The highest BCUT2D eigenvalue weighted by Crippen LogP contribution is 2.14. The summed E-state index contributed by atoms with van der Waals surface area (Å²) >= 11 is 0. The molecule has 0 amide bonds. The Bertz CT molecular complexity index is 1140. The molecule has 0 N–H and O–H groups in total. The van der Waals surface area contributed by atoms with Crippen LogP contribution < -0.4 is 0 Å². The summed E-state index contributed by atoms with van der Waals surface area (Å²) < 4.78 is 16.7. The summed E-state index contributed by atoms with van der Waals surface area (Å²) in [6.45, 7) is 6.44. The van der Waals surface area contributed by atoms with Gasteiger partial charge in [-0.1, -0.05) is 222 Å². The number of esters is 3. The van der Waals surface area contributed by atoms with Crippen LogP contribution >= 0.6 is 0 Å². The van der Waals surface area contributed by atoms with Crippen LogP contribution in [0.15, 0.2) is 72.9 Å². The lowest BCUT2D eigenvalue weighted by Gasteiger charge is -2.18. The largest absolute Gasteiger partial charge is 0.462 e. The molecule has 1 atom stereocenters. The van der Waals surface area contributed by atoms with Crippen LogP contribution in [-0.2, 0) is 28.6 Å². The van der Waals surface area contributed by atoms with E-state index in [1.165, 1.54) is 89.9 Å². The summed E-state index contributed by atoms with van der Waals surface area (Å²) in [5.74, 6) is -0.932. The van der Waals surface area contributed by atoms with Crippen molar-refractivity contribution in [3.63, 3.8) is 0 Å². The molecule has 0 spiro atoms. The molecule has 0 saturated heterocycles. The average molecular weight is 837 g/mol. The van der Waals surface area contributed by atoms with Crippen LogP contribution in [0.5, 0.6) is 0 Å². The first-order valence-electron chi connectivity index (χ1n) is 25.0. The summed E-state index contributed by atoms with van der Waals surface area (Å²) in [6.07, 6.45) is 60.3. The van der Waals surface area contributed by atoms with Gasteiger partial charge in [-0.15, -0.1) is 0 Å². The van der Waals surface area contributed by atoms with Crippen molar-refractivity contribution in [2.24, 2.45) is 0 Å². The number of hydrogen-bond acceptors (Lipinski definition) is 6. The molecule has 0 aliphatic carbocycles. The molecule has 60 heavy (non-hydrogen) atoms. The lowest BCUT2D eigenvalue weighted by molar-refractivity contribution is -0.167. The zero-order valence-corrected chi connectivity index (χ0v) is 39.2. The van der Waals surface area contributed by atoms with Gasteiger partial charge in [0.05, 0.1) is 0 Å². The lowest BCUT2D eigenvalue weighted by Crippen LogP contribution is -2.30. The van der Waals surface area contributed by atoms with Crippen molar-refractivity contribution >= 4 is 17.9 Å². The fourth-order valence-electron chi connectivity index (χ4n) is 6.80. The van der Waals surface area contributed by atoms with E-state index in [4.69, 9.17) is 14.2 Å². The molecule has 0 radical (unpaired) electrons. The summed E-state index contributed by atoms with van der Waals surface area (Å²) in [5.41, 5.74) is 0. The topological polar surface area (TPSA) is 78.9 Å². The molecule has 0 bridgehead atoms. The maximum Gasteiger partial charge on any atom is 0.306 e. The van der Waals surface area contributed by atoms with Gasteiger partial charge in [-0.2, -0.15) is 0 Å². The maximum atomic E-state index is 12.8. The van der Waals surface area contributed by atoms with Gasteiger partial charge in [0, 0.05) is 19.3 Å². The predicted octanol–water partition coefficient (Wildman–Crippen LogP) is 16.3. The number of allylic oxidation sites excluding steroid dienone is 12. The minimum absolute atomic E-state index is 0.0897. The Morgan fingerprint density at radius 1 is 0.350 bits per heavy atom. The van der Waals surface area contributed by atoms with Gasteiger partial charge in [0.25, 0.3) is 0 Å². The van der Waals surface area contributed by atoms with E-state index >= 15 is 0 Å². The van der Waals surface area contributed by atoms with Crippen molar-refractivity contribution in [1.82, 2.24) is 0 Å². The lowest BCUT2D eigenvalue weighted by atomic mass is 10.1. The fraction of sp³-hybridized carbons (Fsp3) is 0.722. The fourth-order valence-corrected chi connectivity index (χ4v) is 6.80. The van der Waals surface area contributed by atoms with Gasteiger partial charge >= 0.3 is 17.9 Å². The normalized spacial score (nSPS) is 12.7. The van der Waals surface area contributed by atoms with E-state index in [1.807, 2.05) is 18.2 Å². The average Bonchev–Trinajstić information content (AvgIpc) is 3.24. The van der Waals surface area contributed by atoms with E-state index in [-0.39, 0.29) is 31.1 Å². The number of ether oxygens (including phenoxy) is 3. The summed E-state index contributed by atoms with van der Waals surface area (Å²) in [4.78, 5) is 37.8. The molecule has 0 saturated carbocycles. The van der Waals surface area contributed by atoms with Crippen LogP contribution in [0.1, 0.15) is 233 Å². The molecule has 0 aliphatic rings. The first-order valence-corrected chi connectivity index (χ1v) is 25.0. The Kier molecular flexibility index (Phi) is 46.0. The van der Waals surface area contributed by atoms with Gasteiger partial charge in [-0.05, 0) is 64.2 Å². The Morgan fingerprint density at radius 3 is 1.03 bits per heavy atom. The zero-order valence-electron chi connectivity index (χ0n) is 39.2. The molecule has 344 valence electrons. The molecule has 0 aromatic heterocycles.